The number of aliphatic hydroxyl groups is 1. The molecular formula is C12H12KNO6S2. The third-order valence-corrected chi connectivity index (χ3v) is 5.45. The van der Waals surface area contributed by atoms with Gasteiger partial charge in [0, 0.05) is 6.08 Å². The topological polar surface area (TPSA) is 107 Å². The van der Waals surface area contributed by atoms with E-state index >= 15 is 0 Å². The zero-order chi connectivity index (χ0) is 15.7. The number of β-lactam (4-membered cyclic amide) rings is 1. The molecule has 1 amide bonds. The number of carbonyl (C=O) groups excluding carboxylic acids is 3. The minimum atomic E-state index is -1.46. The fraction of sp³-hybridized carbons (Fsp3) is 0.417. The molecule has 0 spiro atoms. The fourth-order valence-corrected chi connectivity index (χ4v) is 4.64. The smallest absolute Gasteiger partial charge is 0.543 e. The summed E-state index contributed by atoms with van der Waals surface area (Å²) in [5.74, 6) is -3.10. The Morgan fingerprint density at radius 2 is 2.18 bits per heavy atom. The monoisotopic (exact) mass is 369 g/mol. The molecule has 0 unspecified atom stereocenters. The van der Waals surface area contributed by atoms with Crippen LogP contribution in [0.4, 0.5) is 0 Å². The van der Waals surface area contributed by atoms with Crippen molar-refractivity contribution in [3.8, 4) is 0 Å². The van der Waals surface area contributed by atoms with E-state index in [4.69, 9.17) is 0 Å². The first-order valence-corrected chi connectivity index (χ1v) is 7.69. The Labute approximate surface area is 177 Å². The number of nitrogens with zero attached hydrogens (tertiary/aromatic N) is 1. The van der Waals surface area contributed by atoms with Crippen LogP contribution < -0.4 is 56.5 Å². The normalized spacial score (nSPS) is 24.7. The molecule has 0 bridgehead atoms. The van der Waals surface area contributed by atoms with Crippen LogP contribution >= 0.6 is 23.5 Å². The van der Waals surface area contributed by atoms with E-state index in [1.165, 1.54) is 19.4 Å². The van der Waals surface area contributed by atoms with Gasteiger partial charge in [-0.1, -0.05) is 23.5 Å². The number of amides is 1. The van der Waals surface area contributed by atoms with Crippen LogP contribution in [0.2, 0.25) is 0 Å². The van der Waals surface area contributed by atoms with Gasteiger partial charge in [-0.15, -0.1) is 0 Å². The van der Waals surface area contributed by atoms with Gasteiger partial charge in [0.2, 0.25) is 5.91 Å². The third-order valence-electron chi connectivity index (χ3n) is 3.04. The molecule has 0 aliphatic carbocycles. The quantitative estimate of drug-likeness (QED) is 0.228. The van der Waals surface area contributed by atoms with Crippen molar-refractivity contribution in [3.63, 3.8) is 0 Å². The summed E-state index contributed by atoms with van der Waals surface area (Å²) in [4.78, 5) is 35.2. The Morgan fingerprint density at radius 1 is 1.55 bits per heavy atom. The van der Waals surface area contributed by atoms with Gasteiger partial charge in [0.15, 0.2) is 0 Å². The average molecular weight is 369 g/mol. The standard InChI is InChI=1S/C12H13NO6S2.K/c1-5(14)7-9(16)13-8(11(17)18)12(21-10(7)13)20-4-3-6(15)19-2;/h3-5,7,10,14H,1-2H3,(H,17,18);/q;+1/p-1/b4-3+;/t5-,7+,10-;/m1./s1. The zero-order valence-corrected chi connectivity index (χ0v) is 16.9. The van der Waals surface area contributed by atoms with Crippen molar-refractivity contribution in [1.82, 2.24) is 4.90 Å². The predicted molar refractivity (Wildman–Crippen MR) is 74.2 cm³/mol. The van der Waals surface area contributed by atoms with E-state index in [0.717, 1.165) is 34.5 Å². The molecule has 0 aromatic carbocycles. The number of hydrogen-bond donors (Lipinski definition) is 1. The van der Waals surface area contributed by atoms with Crippen LogP contribution in [0, 0.1) is 5.92 Å². The van der Waals surface area contributed by atoms with Crippen molar-refractivity contribution in [1.29, 1.82) is 0 Å². The number of aliphatic hydroxyl groups excluding tert-OH is 1. The Balaban J connectivity index is 0.00000242. The third kappa shape index (κ3) is 3.81. The largest absolute Gasteiger partial charge is 1.00 e. The maximum atomic E-state index is 11.9. The van der Waals surface area contributed by atoms with Crippen molar-refractivity contribution < 1.29 is 80.7 Å². The summed E-state index contributed by atoms with van der Waals surface area (Å²) in [6, 6.07) is 0. The maximum absolute atomic E-state index is 11.9. The Hall–Kier alpha value is 0.186. The fourth-order valence-electron chi connectivity index (χ4n) is 2.04. The molecule has 2 rings (SSSR count). The molecule has 0 radical (unpaired) electrons. The van der Waals surface area contributed by atoms with E-state index in [0.29, 0.717) is 4.24 Å². The molecule has 1 saturated heterocycles. The summed E-state index contributed by atoms with van der Waals surface area (Å²) in [7, 11) is 1.23. The van der Waals surface area contributed by atoms with Crippen LogP contribution in [0.25, 0.3) is 0 Å². The zero-order valence-electron chi connectivity index (χ0n) is 12.1. The van der Waals surface area contributed by atoms with E-state index in [1.807, 2.05) is 0 Å². The van der Waals surface area contributed by atoms with Crippen molar-refractivity contribution in [2.45, 2.75) is 18.4 Å². The Kier molecular flexibility index (Phi) is 7.66. The van der Waals surface area contributed by atoms with Crippen molar-refractivity contribution in [2.75, 3.05) is 7.11 Å². The maximum Gasteiger partial charge on any atom is 1.00 e. The molecular weight excluding hydrogens is 357 g/mol. The van der Waals surface area contributed by atoms with Gasteiger partial charge in [0.25, 0.3) is 0 Å². The predicted octanol–water partition coefficient (Wildman–Crippen LogP) is -3.76. The van der Waals surface area contributed by atoms with Gasteiger partial charge < -0.3 is 19.7 Å². The molecule has 3 atom stereocenters. The number of thioether (sulfide) groups is 2. The van der Waals surface area contributed by atoms with Gasteiger partial charge in [0.05, 0.1) is 35.0 Å². The summed E-state index contributed by atoms with van der Waals surface area (Å²) in [6.45, 7) is 1.49. The van der Waals surface area contributed by atoms with E-state index in [-0.39, 0.29) is 57.1 Å². The molecule has 1 fully saturated rings. The van der Waals surface area contributed by atoms with Crippen molar-refractivity contribution >= 4 is 41.4 Å². The molecule has 7 nitrogen and oxygen atoms in total. The number of rotatable bonds is 5. The van der Waals surface area contributed by atoms with Gasteiger partial charge in [-0.2, -0.15) is 0 Å². The molecule has 2 aliphatic rings. The number of aliphatic carboxylic acids is 1. The van der Waals surface area contributed by atoms with Crippen molar-refractivity contribution in [3.05, 3.63) is 21.4 Å². The number of carboxylic acids is 1. The Bertz CT molecular complexity index is 562. The van der Waals surface area contributed by atoms with Crippen LogP contribution in [0.1, 0.15) is 6.92 Å². The van der Waals surface area contributed by atoms with Crippen molar-refractivity contribution in [2.24, 2.45) is 5.92 Å². The van der Waals surface area contributed by atoms with Crippen LogP contribution in [0.3, 0.4) is 0 Å². The number of ether oxygens (including phenoxy) is 1. The number of hydrogen-bond acceptors (Lipinski definition) is 8. The second kappa shape index (κ2) is 8.33. The molecule has 1 N–H and O–H groups in total. The van der Waals surface area contributed by atoms with Crippen LogP contribution in [-0.2, 0) is 19.1 Å². The minimum absolute atomic E-state index is 0. The van der Waals surface area contributed by atoms with E-state index in [1.54, 1.807) is 0 Å². The molecule has 22 heavy (non-hydrogen) atoms. The first-order chi connectivity index (χ1) is 9.88. The molecule has 2 heterocycles. The SMILES string of the molecule is COC(=O)/C=C/SC1=C(C(=O)[O-])N2C(=O)[C@H]([C@@H](C)O)[C@H]2S1.[K+]. The first kappa shape index (κ1) is 20.2. The van der Waals surface area contributed by atoms with E-state index < -0.39 is 35.2 Å². The number of esters is 1. The summed E-state index contributed by atoms with van der Waals surface area (Å²) in [5.41, 5.74) is -0.216. The van der Waals surface area contributed by atoms with Gasteiger partial charge in [-0.3, -0.25) is 9.69 Å². The van der Waals surface area contributed by atoms with Crippen LogP contribution in [0.15, 0.2) is 21.4 Å². The average Bonchev–Trinajstić information content (AvgIpc) is 2.72. The van der Waals surface area contributed by atoms with Crippen LogP contribution in [-0.4, -0.2) is 46.4 Å². The molecule has 10 heteroatoms. The molecule has 114 valence electrons. The van der Waals surface area contributed by atoms with Gasteiger partial charge in [0.1, 0.15) is 5.37 Å². The molecule has 2 aliphatic heterocycles. The van der Waals surface area contributed by atoms with Gasteiger partial charge in [-0.25, -0.2) is 4.79 Å². The molecule has 0 aromatic rings. The number of fused-ring (bicyclic) bond motifs is 1. The number of carboxylic acid groups (broad SMARTS) is 1. The number of carbonyl (C=O) groups is 3. The summed E-state index contributed by atoms with van der Waals surface area (Å²) in [5, 5.41) is 21.7. The minimum Gasteiger partial charge on any atom is -0.543 e. The van der Waals surface area contributed by atoms with E-state index in [9.17, 15) is 24.6 Å². The summed E-state index contributed by atoms with van der Waals surface area (Å²) in [6.07, 6.45) is 0.290. The Morgan fingerprint density at radius 3 is 2.68 bits per heavy atom. The number of methoxy groups -OCH3 is 1. The second-order valence-corrected chi connectivity index (χ2v) is 6.65. The van der Waals surface area contributed by atoms with E-state index in [2.05, 4.69) is 4.74 Å². The van der Waals surface area contributed by atoms with Gasteiger partial charge >= 0.3 is 57.4 Å². The first-order valence-electron chi connectivity index (χ1n) is 5.93. The summed E-state index contributed by atoms with van der Waals surface area (Å²) < 4.78 is 4.77. The van der Waals surface area contributed by atoms with Gasteiger partial charge in [-0.05, 0) is 12.3 Å². The second-order valence-electron chi connectivity index (χ2n) is 4.35. The van der Waals surface area contributed by atoms with Crippen LogP contribution in [0.5, 0.6) is 0 Å². The molecule has 0 saturated carbocycles. The molecule has 0 aromatic heterocycles. The summed E-state index contributed by atoms with van der Waals surface area (Å²) >= 11 is 2.15.